The minimum atomic E-state index is -0.471. The molecule has 1 amide bonds. The predicted molar refractivity (Wildman–Crippen MR) is 77.2 cm³/mol. The van der Waals surface area contributed by atoms with E-state index in [2.05, 4.69) is 10.6 Å². The molecule has 1 atom stereocenters. The van der Waals surface area contributed by atoms with E-state index < -0.39 is 16.6 Å². The van der Waals surface area contributed by atoms with Crippen LogP contribution in [-0.2, 0) is 11.2 Å². The van der Waals surface area contributed by atoms with E-state index in [1.807, 2.05) is 19.9 Å². The Kier molecular flexibility index (Phi) is 3.87. The molecule has 7 nitrogen and oxygen atoms in total. The minimum Gasteiger partial charge on any atom is -0.490 e. The summed E-state index contributed by atoms with van der Waals surface area (Å²) >= 11 is 0. The maximum absolute atomic E-state index is 11.9. The molecule has 0 bridgehead atoms. The standard InChI is InChI=1S/C14H19N3O4/c1-8-5-9(7-11(17(19)20)12(8)21-4)6-10-13(18)16-14(2,3)15-10/h5,7,10,15H,6H2,1-4H3,(H,16,18)/t10-/m0/s1. The molecule has 0 unspecified atom stereocenters. The molecular weight excluding hydrogens is 274 g/mol. The topological polar surface area (TPSA) is 93.5 Å². The molecule has 114 valence electrons. The van der Waals surface area contributed by atoms with E-state index in [0.29, 0.717) is 12.0 Å². The van der Waals surface area contributed by atoms with Crippen molar-refractivity contribution in [1.82, 2.24) is 10.6 Å². The Hall–Kier alpha value is -2.15. The number of hydrogen-bond acceptors (Lipinski definition) is 5. The second-order valence-electron chi connectivity index (χ2n) is 5.74. The number of aryl methyl sites for hydroxylation is 1. The number of ether oxygens (including phenoxy) is 1. The molecule has 7 heteroatoms. The Morgan fingerprint density at radius 1 is 1.43 bits per heavy atom. The molecule has 0 radical (unpaired) electrons. The van der Waals surface area contributed by atoms with Crippen LogP contribution in [0.15, 0.2) is 12.1 Å². The van der Waals surface area contributed by atoms with Crippen LogP contribution < -0.4 is 15.4 Å². The van der Waals surface area contributed by atoms with Crippen molar-refractivity contribution >= 4 is 11.6 Å². The molecule has 1 fully saturated rings. The Morgan fingerprint density at radius 3 is 2.57 bits per heavy atom. The Morgan fingerprint density at radius 2 is 2.10 bits per heavy atom. The molecule has 21 heavy (non-hydrogen) atoms. The molecule has 1 aromatic rings. The van der Waals surface area contributed by atoms with Gasteiger partial charge >= 0.3 is 5.69 Å². The van der Waals surface area contributed by atoms with Gasteiger partial charge in [-0.2, -0.15) is 0 Å². The first-order valence-corrected chi connectivity index (χ1v) is 6.65. The monoisotopic (exact) mass is 293 g/mol. The van der Waals surface area contributed by atoms with Crippen LogP contribution in [0.4, 0.5) is 5.69 Å². The summed E-state index contributed by atoms with van der Waals surface area (Å²) in [6.07, 6.45) is 0.390. The van der Waals surface area contributed by atoms with Crippen molar-refractivity contribution in [1.29, 1.82) is 0 Å². The van der Waals surface area contributed by atoms with Crippen LogP contribution in [0.1, 0.15) is 25.0 Å². The third-order valence-corrected chi connectivity index (χ3v) is 3.44. The highest BCUT2D eigenvalue weighted by Crippen LogP contribution is 2.32. The van der Waals surface area contributed by atoms with E-state index in [9.17, 15) is 14.9 Å². The average molecular weight is 293 g/mol. The van der Waals surface area contributed by atoms with Crippen LogP contribution in [0.2, 0.25) is 0 Å². The van der Waals surface area contributed by atoms with Gasteiger partial charge in [0.2, 0.25) is 5.91 Å². The number of nitrogens with one attached hydrogen (secondary N) is 2. The van der Waals surface area contributed by atoms with Gasteiger partial charge < -0.3 is 10.1 Å². The number of benzene rings is 1. The highest BCUT2D eigenvalue weighted by atomic mass is 16.6. The van der Waals surface area contributed by atoms with Crippen LogP contribution in [0.25, 0.3) is 0 Å². The van der Waals surface area contributed by atoms with Crippen LogP contribution in [0.5, 0.6) is 5.75 Å². The number of amides is 1. The van der Waals surface area contributed by atoms with Gasteiger partial charge in [0.1, 0.15) is 0 Å². The number of nitrogens with zero attached hydrogens (tertiary/aromatic N) is 1. The van der Waals surface area contributed by atoms with Gasteiger partial charge in [-0.15, -0.1) is 0 Å². The van der Waals surface area contributed by atoms with Crippen molar-refractivity contribution in [2.75, 3.05) is 7.11 Å². The van der Waals surface area contributed by atoms with Crippen molar-refractivity contribution in [2.24, 2.45) is 0 Å². The first-order valence-electron chi connectivity index (χ1n) is 6.65. The van der Waals surface area contributed by atoms with E-state index in [-0.39, 0.29) is 17.3 Å². The number of nitro groups is 1. The lowest BCUT2D eigenvalue weighted by atomic mass is 10.0. The van der Waals surface area contributed by atoms with Crippen molar-refractivity contribution < 1.29 is 14.5 Å². The van der Waals surface area contributed by atoms with Crippen LogP contribution >= 0.6 is 0 Å². The molecule has 2 N–H and O–H groups in total. The molecule has 1 aliphatic rings. The van der Waals surface area contributed by atoms with Gasteiger partial charge in [0.05, 0.1) is 23.7 Å². The molecule has 1 aliphatic heterocycles. The van der Waals surface area contributed by atoms with Crippen LogP contribution in [-0.4, -0.2) is 29.6 Å². The Balaban J connectivity index is 2.29. The van der Waals surface area contributed by atoms with Gasteiger partial charge in [-0.3, -0.25) is 20.2 Å². The van der Waals surface area contributed by atoms with Gasteiger partial charge in [-0.05, 0) is 38.3 Å². The summed E-state index contributed by atoms with van der Waals surface area (Å²) in [4.78, 5) is 22.5. The third-order valence-electron chi connectivity index (χ3n) is 3.44. The van der Waals surface area contributed by atoms with Crippen LogP contribution in [0.3, 0.4) is 0 Å². The number of methoxy groups -OCH3 is 1. The summed E-state index contributed by atoms with van der Waals surface area (Å²) < 4.78 is 5.08. The summed E-state index contributed by atoms with van der Waals surface area (Å²) in [5.41, 5.74) is 0.865. The van der Waals surface area contributed by atoms with Gasteiger partial charge in [0.25, 0.3) is 0 Å². The van der Waals surface area contributed by atoms with Crippen molar-refractivity contribution in [3.05, 3.63) is 33.4 Å². The molecule has 1 heterocycles. The fourth-order valence-corrected chi connectivity index (χ4v) is 2.66. The summed E-state index contributed by atoms with van der Waals surface area (Å²) in [5, 5.41) is 17.1. The minimum absolute atomic E-state index is 0.0786. The van der Waals surface area contributed by atoms with Gasteiger partial charge in [-0.25, -0.2) is 0 Å². The largest absolute Gasteiger partial charge is 0.490 e. The highest BCUT2D eigenvalue weighted by Gasteiger charge is 2.36. The number of carbonyl (C=O) groups excluding carboxylic acids is 1. The summed E-state index contributed by atoms with van der Waals surface area (Å²) in [5.74, 6) is 0.157. The summed E-state index contributed by atoms with van der Waals surface area (Å²) in [6, 6.07) is 2.88. The van der Waals surface area contributed by atoms with Crippen LogP contribution in [0, 0.1) is 17.0 Å². The lowest BCUT2D eigenvalue weighted by Crippen LogP contribution is -2.44. The predicted octanol–water partition coefficient (Wildman–Crippen LogP) is 1.28. The van der Waals surface area contributed by atoms with Gasteiger partial charge in [0, 0.05) is 6.07 Å². The molecule has 2 rings (SSSR count). The molecule has 0 saturated carbocycles. The fourth-order valence-electron chi connectivity index (χ4n) is 2.66. The zero-order valence-electron chi connectivity index (χ0n) is 12.5. The lowest BCUT2D eigenvalue weighted by molar-refractivity contribution is -0.385. The number of nitro benzene ring substituents is 1. The number of rotatable bonds is 4. The highest BCUT2D eigenvalue weighted by molar-refractivity contribution is 5.85. The van der Waals surface area contributed by atoms with Crippen molar-refractivity contribution in [2.45, 2.75) is 38.9 Å². The Labute approximate surface area is 122 Å². The van der Waals surface area contributed by atoms with E-state index in [1.54, 1.807) is 6.92 Å². The lowest BCUT2D eigenvalue weighted by Gasteiger charge is -2.18. The maximum atomic E-state index is 11.9. The second kappa shape index (κ2) is 5.33. The number of hydrogen-bond donors (Lipinski definition) is 2. The van der Waals surface area contributed by atoms with E-state index in [4.69, 9.17) is 4.74 Å². The average Bonchev–Trinajstić information content (AvgIpc) is 2.61. The first-order chi connectivity index (χ1) is 9.73. The summed E-state index contributed by atoms with van der Waals surface area (Å²) in [6.45, 7) is 5.49. The molecule has 1 aromatic carbocycles. The first kappa shape index (κ1) is 15.2. The van der Waals surface area contributed by atoms with Crippen molar-refractivity contribution in [3.8, 4) is 5.75 Å². The zero-order valence-corrected chi connectivity index (χ0v) is 12.5. The smallest absolute Gasteiger partial charge is 0.311 e. The third kappa shape index (κ3) is 3.13. The Bertz CT molecular complexity index is 598. The fraction of sp³-hybridized carbons (Fsp3) is 0.500. The SMILES string of the molecule is COc1c(C)cc(C[C@@H]2NC(C)(C)NC2=O)cc1[N+](=O)[O-]. The quantitative estimate of drug-likeness (QED) is 0.644. The molecule has 0 spiro atoms. The molecule has 1 saturated heterocycles. The van der Waals surface area contributed by atoms with E-state index in [0.717, 1.165) is 5.56 Å². The second-order valence-corrected chi connectivity index (χ2v) is 5.74. The maximum Gasteiger partial charge on any atom is 0.311 e. The van der Waals surface area contributed by atoms with E-state index in [1.165, 1.54) is 13.2 Å². The molecule has 0 aromatic heterocycles. The molecular formula is C14H19N3O4. The van der Waals surface area contributed by atoms with E-state index >= 15 is 0 Å². The van der Waals surface area contributed by atoms with Gasteiger partial charge in [-0.1, -0.05) is 6.07 Å². The zero-order chi connectivity index (χ0) is 15.8. The summed E-state index contributed by atoms with van der Waals surface area (Å²) in [7, 11) is 1.41. The van der Waals surface area contributed by atoms with Crippen molar-refractivity contribution in [3.63, 3.8) is 0 Å². The van der Waals surface area contributed by atoms with Gasteiger partial charge in [0.15, 0.2) is 5.75 Å². The molecule has 0 aliphatic carbocycles. The number of carbonyl (C=O) groups is 1. The normalized spacial score (nSPS) is 20.2.